The molecule has 1 N–H and O–H groups in total. The summed E-state index contributed by atoms with van der Waals surface area (Å²) in [5, 5.41) is 3.45. The van der Waals surface area contributed by atoms with Crippen LogP contribution in [0.15, 0.2) is 54.1 Å². The van der Waals surface area contributed by atoms with Gasteiger partial charge in [-0.1, -0.05) is 65.7 Å². The van der Waals surface area contributed by atoms with Crippen molar-refractivity contribution in [2.45, 2.75) is 13.0 Å². The van der Waals surface area contributed by atoms with Crippen LogP contribution in [-0.2, 0) is 9.53 Å². The van der Waals surface area contributed by atoms with E-state index in [-0.39, 0.29) is 17.7 Å². The summed E-state index contributed by atoms with van der Waals surface area (Å²) in [6, 6.07) is 13.2. The van der Waals surface area contributed by atoms with Gasteiger partial charge in [-0.05, 0) is 24.1 Å². The maximum atomic E-state index is 12.9. The zero-order valence-corrected chi connectivity index (χ0v) is 16.3. The molecule has 1 atom stereocenters. The fourth-order valence-electron chi connectivity index (χ4n) is 3.06. The lowest BCUT2D eigenvalue weighted by atomic mass is 9.92. The van der Waals surface area contributed by atoms with E-state index in [1.54, 1.807) is 32.2 Å². The number of rotatable bonds is 4. The summed E-state index contributed by atoms with van der Waals surface area (Å²) >= 11 is 12.5. The third kappa shape index (κ3) is 3.66. The number of hydrogen-bond donors (Lipinski definition) is 1. The fourth-order valence-corrected chi connectivity index (χ4v) is 3.47. The minimum absolute atomic E-state index is 0.206. The van der Waals surface area contributed by atoms with Crippen LogP contribution in [0.2, 0.25) is 10.0 Å². The highest BCUT2D eigenvalue weighted by atomic mass is 35.5. The molecule has 0 aliphatic carbocycles. The first kappa shape index (κ1) is 19.3. The fraction of sp³-hybridized carbons (Fsp3) is 0.200. The number of nitrogens with one attached hydrogen (secondary N) is 1. The number of amides is 2. The first-order valence-corrected chi connectivity index (χ1v) is 9.16. The average Bonchev–Trinajstić information content (AvgIpc) is 2.66. The molecule has 1 aliphatic rings. The van der Waals surface area contributed by atoms with E-state index in [4.69, 9.17) is 27.9 Å². The van der Waals surface area contributed by atoms with Gasteiger partial charge in [0, 0.05) is 7.05 Å². The lowest BCUT2D eigenvalue weighted by Crippen LogP contribution is -2.46. The van der Waals surface area contributed by atoms with Crippen molar-refractivity contribution in [3.05, 3.63) is 75.3 Å². The summed E-state index contributed by atoms with van der Waals surface area (Å²) in [5.41, 5.74) is 2.02. The van der Waals surface area contributed by atoms with Gasteiger partial charge in [0.2, 0.25) is 0 Å². The van der Waals surface area contributed by atoms with Crippen LogP contribution in [0.3, 0.4) is 0 Å². The minimum atomic E-state index is -0.783. The zero-order chi connectivity index (χ0) is 19.6. The largest absolute Gasteiger partial charge is 0.463 e. The topological polar surface area (TPSA) is 58.6 Å². The highest BCUT2D eigenvalue weighted by molar-refractivity contribution is 6.42. The summed E-state index contributed by atoms with van der Waals surface area (Å²) in [6.07, 6.45) is 0. The van der Waals surface area contributed by atoms with Gasteiger partial charge in [0.25, 0.3) is 0 Å². The number of esters is 1. The molecule has 140 valence electrons. The van der Waals surface area contributed by atoms with Gasteiger partial charge in [-0.15, -0.1) is 0 Å². The van der Waals surface area contributed by atoms with Gasteiger partial charge in [-0.3, -0.25) is 4.90 Å². The van der Waals surface area contributed by atoms with Crippen LogP contribution in [0.25, 0.3) is 5.70 Å². The van der Waals surface area contributed by atoms with Gasteiger partial charge in [0.05, 0.1) is 34.0 Å². The van der Waals surface area contributed by atoms with Gasteiger partial charge >= 0.3 is 12.0 Å². The third-order valence-corrected chi connectivity index (χ3v) is 5.12. The Kier molecular flexibility index (Phi) is 5.73. The Morgan fingerprint density at radius 2 is 1.85 bits per heavy atom. The molecule has 27 heavy (non-hydrogen) atoms. The van der Waals surface area contributed by atoms with Crippen molar-refractivity contribution in [3.63, 3.8) is 0 Å². The van der Waals surface area contributed by atoms with Crippen LogP contribution in [0.4, 0.5) is 4.79 Å². The van der Waals surface area contributed by atoms with Gasteiger partial charge in [0.15, 0.2) is 0 Å². The van der Waals surface area contributed by atoms with Crippen molar-refractivity contribution in [1.29, 1.82) is 0 Å². The number of nitrogens with zero attached hydrogens (tertiary/aromatic N) is 1. The average molecular weight is 405 g/mol. The molecule has 2 aromatic carbocycles. The summed E-state index contributed by atoms with van der Waals surface area (Å²) in [5.74, 6) is -0.524. The second-order valence-corrected chi connectivity index (χ2v) is 6.72. The van der Waals surface area contributed by atoms with E-state index in [0.29, 0.717) is 21.9 Å². The van der Waals surface area contributed by atoms with Crippen LogP contribution in [0, 0.1) is 0 Å². The predicted molar refractivity (Wildman–Crippen MR) is 105 cm³/mol. The lowest BCUT2D eigenvalue weighted by Gasteiger charge is -2.35. The molecule has 0 fully saturated rings. The molecule has 2 amide bonds. The standard InChI is InChI=1S/C20H18Cl2N2O3/c1-3-27-19(25)15-17(13-10-7-11-14(21)16(13)22)23-20(26)24(2)18(15)12-8-5-4-6-9-12/h4-11,17H,3H2,1-2H3,(H,23,26)/t17-/m1/s1. The summed E-state index contributed by atoms with van der Waals surface area (Å²) < 4.78 is 5.29. The van der Waals surface area contributed by atoms with E-state index in [1.807, 2.05) is 30.3 Å². The third-order valence-electron chi connectivity index (χ3n) is 4.29. The maximum absolute atomic E-state index is 12.9. The molecule has 0 aromatic heterocycles. The summed E-state index contributed by atoms with van der Waals surface area (Å²) in [7, 11) is 1.60. The molecule has 1 aliphatic heterocycles. The summed E-state index contributed by atoms with van der Waals surface area (Å²) in [6.45, 7) is 1.94. The number of benzene rings is 2. The van der Waals surface area contributed by atoms with Crippen LogP contribution in [0.5, 0.6) is 0 Å². The lowest BCUT2D eigenvalue weighted by molar-refractivity contribution is -0.138. The molecule has 0 bridgehead atoms. The van der Waals surface area contributed by atoms with Crippen LogP contribution < -0.4 is 5.32 Å². The first-order valence-electron chi connectivity index (χ1n) is 8.40. The van der Waals surface area contributed by atoms with Crippen molar-refractivity contribution in [3.8, 4) is 0 Å². The van der Waals surface area contributed by atoms with E-state index in [0.717, 1.165) is 5.56 Å². The van der Waals surface area contributed by atoms with Crippen molar-refractivity contribution in [2.24, 2.45) is 0 Å². The second kappa shape index (κ2) is 8.03. The van der Waals surface area contributed by atoms with Crippen LogP contribution in [0.1, 0.15) is 24.1 Å². The molecule has 1 heterocycles. The number of carbonyl (C=O) groups excluding carboxylic acids is 2. The molecule has 7 heteroatoms. The second-order valence-electron chi connectivity index (χ2n) is 5.93. The SMILES string of the molecule is CCOC(=O)C1=C(c2ccccc2)N(C)C(=O)N[C@@H]1c1cccc(Cl)c1Cl. The smallest absolute Gasteiger partial charge is 0.338 e. The zero-order valence-electron chi connectivity index (χ0n) is 14.8. The number of urea groups is 1. The first-order chi connectivity index (χ1) is 13.0. The molecule has 0 radical (unpaired) electrons. The van der Waals surface area contributed by atoms with Gasteiger partial charge in [-0.25, -0.2) is 9.59 Å². The quantitative estimate of drug-likeness (QED) is 0.753. The van der Waals surface area contributed by atoms with E-state index >= 15 is 0 Å². The number of carbonyl (C=O) groups is 2. The normalized spacial score (nSPS) is 17.0. The Labute approximate surface area is 167 Å². The van der Waals surface area contributed by atoms with Gasteiger partial charge < -0.3 is 10.1 Å². The molecule has 5 nitrogen and oxygen atoms in total. The molecule has 0 saturated carbocycles. The molecule has 0 unspecified atom stereocenters. The van der Waals surface area contributed by atoms with Crippen molar-refractivity contribution in [2.75, 3.05) is 13.7 Å². The predicted octanol–water partition coefficient (Wildman–Crippen LogP) is 4.66. The molecule has 2 aromatic rings. The van der Waals surface area contributed by atoms with Gasteiger partial charge in [0.1, 0.15) is 0 Å². The molecular formula is C20H18Cl2N2O3. The van der Waals surface area contributed by atoms with E-state index in [1.165, 1.54) is 4.90 Å². The highest BCUT2D eigenvalue weighted by Crippen LogP contribution is 2.39. The van der Waals surface area contributed by atoms with Crippen LogP contribution >= 0.6 is 23.2 Å². The Balaban J connectivity index is 2.28. The number of hydrogen-bond acceptors (Lipinski definition) is 3. The van der Waals surface area contributed by atoms with Crippen molar-refractivity contribution < 1.29 is 14.3 Å². The van der Waals surface area contributed by atoms with Gasteiger partial charge in [-0.2, -0.15) is 0 Å². The Bertz CT molecular complexity index is 913. The molecule has 3 rings (SSSR count). The number of ether oxygens (including phenoxy) is 1. The van der Waals surface area contributed by atoms with E-state index in [2.05, 4.69) is 5.32 Å². The molecular weight excluding hydrogens is 387 g/mol. The van der Waals surface area contributed by atoms with Crippen LogP contribution in [-0.4, -0.2) is 30.6 Å². The minimum Gasteiger partial charge on any atom is -0.463 e. The van der Waals surface area contributed by atoms with E-state index < -0.39 is 12.0 Å². The number of halogens is 2. The van der Waals surface area contributed by atoms with Crippen molar-refractivity contribution >= 4 is 40.9 Å². The van der Waals surface area contributed by atoms with E-state index in [9.17, 15) is 9.59 Å². The Hall–Kier alpha value is -2.50. The Morgan fingerprint density at radius 3 is 2.52 bits per heavy atom. The van der Waals surface area contributed by atoms with Crippen molar-refractivity contribution in [1.82, 2.24) is 10.2 Å². The molecule has 0 saturated heterocycles. The monoisotopic (exact) mass is 404 g/mol. The summed E-state index contributed by atoms with van der Waals surface area (Å²) in [4.78, 5) is 26.9. The highest BCUT2D eigenvalue weighted by Gasteiger charge is 2.38. The Morgan fingerprint density at radius 1 is 1.15 bits per heavy atom. The molecule has 0 spiro atoms. The maximum Gasteiger partial charge on any atom is 0.338 e.